The molecule has 0 N–H and O–H groups in total. The van der Waals surface area contributed by atoms with Crippen molar-refractivity contribution < 1.29 is 9.21 Å². The number of carbonyl (C=O) groups excluding carboxylic acids is 1. The second kappa shape index (κ2) is 6.99. The number of carbonyl (C=O) groups is 1. The van der Waals surface area contributed by atoms with Crippen LogP contribution in [0.1, 0.15) is 66.0 Å². The highest BCUT2D eigenvalue weighted by atomic mass is 31.0. The molecule has 5 heterocycles. The Hall–Kier alpha value is -3.06. The molecule has 10 heteroatoms. The van der Waals surface area contributed by atoms with Crippen molar-refractivity contribution in [2.24, 2.45) is 0 Å². The minimum Gasteiger partial charge on any atom is -0.416 e. The topological polar surface area (TPSA) is 94.4 Å². The van der Waals surface area contributed by atoms with E-state index in [9.17, 15) is 4.79 Å². The number of nitrogens with zero attached hydrogens (tertiary/aromatic N) is 7. The van der Waals surface area contributed by atoms with Crippen LogP contribution in [0.25, 0.3) is 5.52 Å². The summed E-state index contributed by atoms with van der Waals surface area (Å²) in [5, 5.41) is 12.9. The Labute approximate surface area is 181 Å². The third-order valence-electron chi connectivity index (χ3n) is 5.61. The third-order valence-corrected chi connectivity index (χ3v) is 6.06. The van der Waals surface area contributed by atoms with E-state index in [4.69, 9.17) is 9.52 Å². The summed E-state index contributed by atoms with van der Waals surface area (Å²) < 4.78 is 9.51. The Morgan fingerprint density at radius 1 is 1.29 bits per heavy atom. The highest BCUT2D eigenvalue weighted by Gasteiger charge is 2.39. The Kier molecular flexibility index (Phi) is 4.48. The van der Waals surface area contributed by atoms with Crippen LogP contribution in [0.2, 0.25) is 0 Å². The van der Waals surface area contributed by atoms with Gasteiger partial charge in [0.15, 0.2) is 0 Å². The normalized spacial score (nSPS) is 16.7. The molecule has 0 aromatic carbocycles. The van der Waals surface area contributed by atoms with Gasteiger partial charge < -0.3 is 13.7 Å². The number of hydrogen-bond acceptors (Lipinski definition) is 6. The summed E-state index contributed by atoms with van der Waals surface area (Å²) in [7, 11) is 2.66. The van der Waals surface area contributed by atoms with E-state index in [0.29, 0.717) is 18.9 Å². The number of hydrogen-bond donors (Lipinski definition) is 0. The summed E-state index contributed by atoms with van der Waals surface area (Å²) in [6, 6.07) is 5.58. The van der Waals surface area contributed by atoms with Crippen LogP contribution in [-0.2, 0) is 11.8 Å². The van der Waals surface area contributed by atoms with Crippen molar-refractivity contribution in [2.75, 3.05) is 6.54 Å². The molecule has 1 aliphatic heterocycles. The zero-order chi connectivity index (χ0) is 21.9. The van der Waals surface area contributed by atoms with E-state index in [1.165, 1.54) is 0 Å². The number of aromatic nitrogens is 6. The highest BCUT2D eigenvalue weighted by molar-refractivity contribution is 7.14. The highest BCUT2D eigenvalue weighted by Crippen LogP contribution is 2.36. The van der Waals surface area contributed by atoms with Crippen LogP contribution in [0.15, 0.2) is 35.1 Å². The molecule has 4 aromatic heterocycles. The lowest BCUT2D eigenvalue weighted by Gasteiger charge is -2.33. The van der Waals surface area contributed by atoms with Gasteiger partial charge in [-0.25, -0.2) is 9.50 Å². The fourth-order valence-electron chi connectivity index (χ4n) is 3.95. The lowest BCUT2D eigenvalue weighted by atomic mass is 9.97. The molecule has 2 atom stereocenters. The van der Waals surface area contributed by atoms with E-state index < -0.39 is 6.04 Å². The molecule has 160 valence electrons. The minimum absolute atomic E-state index is 0.0105. The molecule has 1 unspecified atom stereocenters. The Morgan fingerprint density at radius 3 is 2.81 bits per heavy atom. The van der Waals surface area contributed by atoms with Crippen LogP contribution >= 0.6 is 9.39 Å². The maximum atomic E-state index is 13.5. The lowest BCUT2D eigenvalue weighted by Crippen LogP contribution is -2.41. The second-order valence-corrected chi connectivity index (χ2v) is 9.44. The van der Waals surface area contributed by atoms with Gasteiger partial charge in [0.25, 0.3) is 0 Å². The molecule has 31 heavy (non-hydrogen) atoms. The summed E-state index contributed by atoms with van der Waals surface area (Å²) in [6.45, 7) is 8.44. The van der Waals surface area contributed by atoms with E-state index >= 15 is 0 Å². The number of imidazole rings is 1. The molecule has 5 rings (SSSR count). The van der Waals surface area contributed by atoms with Crippen molar-refractivity contribution in [1.29, 1.82) is 0 Å². The molecule has 0 bridgehead atoms. The average molecular weight is 437 g/mol. The van der Waals surface area contributed by atoms with Crippen molar-refractivity contribution in [3.63, 3.8) is 0 Å². The summed E-state index contributed by atoms with van der Waals surface area (Å²) in [5.74, 6) is 0.108. The Morgan fingerprint density at radius 2 is 2.10 bits per heavy atom. The van der Waals surface area contributed by atoms with Gasteiger partial charge in [0, 0.05) is 30.3 Å². The van der Waals surface area contributed by atoms with Crippen LogP contribution in [0.5, 0.6) is 0 Å². The van der Waals surface area contributed by atoms with Gasteiger partial charge in [-0.1, -0.05) is 26.8 Å². The summed E-state index contributed by atoms with van der Waals surface area (Å²) in [4.78, 5) is 19.8. The van der Waals surface area contributed by atoms with Crippen LogP contribution < -0.4 is 0 Å². The standard InChI is InChI=1S/C21H24N7O2P/c1-12-6-5-8-27-15(12)10-13(25-27)17-16-14(28(31)11-22-16)7-9-26(17)19(29)18-23-24-20(30-18)21(2,3)4/h5-6,8,10-11,17H,7,9,31H2,1-4H3/t17-/m0/s1. The molecule has 0 fully saturated rings. The first-order chi connectivity index (χ1) is 14.7. The first kappa shape index (κ1) is 19.9. The predicted octanol–water partition coefficient (Wildman–Crippen LogP) is 2.95. The number of pyridine rings is 1. The fraction of sp³-hybridized carbons (Fsp3) is 0.381. The second-order valence-electron chi connectivity index (χ2n) is 8.89. The predicted molar refractivity (Wildman–Crippen MR) is 117 cm³/mol. The summed E-state index contributed by atoms with van der Waals surface area (Å²) in [6.07, 6.45) is 4.33. The van der Waals surface area contributed by atoms with Gasteiger partial charge in [-0.2, -0.15) is 5.10 Å². The molecule has 0 saturated heterocycles. The number of aryl methyl sites for hydroxylation is 1. The van der Waals surface area contributed by atoms with Crippen LogP contribution in [0, 0.1) is 6.92 Å². The van der Waals surface area contributed by atoms with Gasteiger partial charge in [-0.3, -0.25) is 4.79 Å². The van der Waals surface area contributed by atoms with E-state index in [-0.39, 0.29) is 17.2 Å². The monoisotopic (exact) mass is 437 g/mol. The zero-order valence-corrected chi connectivity index (χ0v) is 19.1. The van der Waals surface area contributed by atoms with Crippen molar-refractivity contribution in [3.05, 3.63) is 65.1 Å². The van der Waals surface area contributed by atoms with Crippen molar-refractivity contribution in [1.82, 2.24) is 34.0 Å². The maximum Gasteiger partial charge on any atom is 0.312 e. The van der Waals surface area contributed by atoms with E-state index in [0.717, 1.165) is 28.2 Å². The molecule has 4 aromatic rings. The average Bonchev–Trinajstić information content (AvgIpc) is 3.45. The first-order valence-corrected chi connectivity index (χ1v) is 10.7. The molecule has 9 nitrogen and oxygen atoms in total. The van der Waals surface area contributed by atoms with Gasteiger partial charge in [0.1, 0.15) is 6.04 Å². The van der Waals surface area contributed by atoms with Crippen LogP contribution in [0.4, 0.5) is 0 Å². The van der Waals surface area contributed by atoms with Crippen molar-refractivity contribution >= 4 is 20.8 Å². The molecule has 0 radical (unpaired) electrons. The Bertz CT molecular complexity index is 1300. The third kappa shape index (κ3) is 3.24. The smallest absolute Gasteiger partial charge is 0.312 e. The Balaban J connectivity index is 1.61. The van der Waals surface area contributed by atoms with E-state index in [1.807, 2.05) is 60.9 Å². The largest absolute Gasteiger partial charge is 0.416 e. The number of fused-ring (bicyclic) bond motifs is 2. The number of rotatable bonds is 2. The molecule has 1 aliphatic rings. The molecule has 0 saturated carbocycles. The first-order valence-electron chi connectivity index (χ1n) is 10.1. The maximum absolute atomic E-state index is 13.5. The molecular formula is C21H24N7O2P. The lowest BCUT2D eigenvalue weighted by molar-refractivity contribution is 0.0642. The minimum atomic E-state index is -0.442. The SMILES string of the molecule is Cc1cccn2nc([C@H]3c4ncn(P)c4CCN3C(=O)c3nnc(C(C)(C)C)o3)cc12. The van der Waals surface area contributed by atoms with Crippen molar-refractivity contribution in [3.8, 4) is 0 Å². The zero-order valence-electron chi connectivity index (χ0n) is 17.9. The van der Waals surface area contributed by atoms with Crippen LogP contribution in [-0.4, -0.2) is 46.5 Å². The van der Waals surface area contributed by atoms with Gasteiger partial charge >= 0.3 is 11.8 Å². The van der Waals surface area contributed by atoms with Gasteiger partial charge in [-0.15, -0.1) is 10.2 Å². The molecule has 0 aliphatic carbocycles. The fourth-order valence-corrected chi connectivity index (χ4v) is 4.28. The van der Waals surface area contributed by atoms with Gasteiger partial charge in [0.05, 0.1) is 23.2 Å². The van der Waals surface area contributed by atoms with E-state index in [1.54, 1.807) is 11.2 Å². The van der Waals surface area contributed by atoms with Crippen LogP contribution in [0.3, 0.4) is 0 Å². The molecule has 0 spiro atoms. The summed E-state index contributed by atoms with van der Waals surface area (Å²) in [5.41, 5.74) is 4.40. The van der Waals surface area contributed by atoms with Crippen molar-refractivity contribution in [2.45, 2.75) is 45.6 Å². The van der Waals surface area contributed by atoms with E-state index in [2.05, 4.69) is 24.6 Å². The van der Waals surface area contributed by atoms with Gasteiger partial charge in [0.2, 0.25) is 5.89 Å². The summed E-state index contributed by atoms with van der Waals surface area (Å²) >= 11 is 0. The van der Waals surface area contributed by atoms with Gasteiger partial charge in [-0.05, 0) is 34.0 Å². The number of amides is 1. The molecule has 1 amide bonds. The quantitative estimate of drug-likeness (QED) is 0.448. The molecular weight excluding hydrogens is 413 g/mol.